The fourth-order valence-corrected chi connectivity index (χ4v) is 3.56. The summed E-state index contributed by atoms with van der Waals surface area (Å²) in [4.78, 5) is 2.14. The fourth-order valence-electron chi connectivity index (χ4n) is 3.56. The second-order valence-corrected chi connectivity index (χ2v) is 8.36. The maximum absolute atomic E-state index is 13.8. The first-order valence-electron chi connectivity index (χ1n) is 11.1. The van der Waals surface area contributed by atoms with E-state index in [4.69, 9.17) is 4.74 Å². The van der Waals surface area contributed by atoms with Gasteiger partial charge in [0.1, 0.15) is 17.4 Å². The quantitative estimate of drug-likeness (QED) is 0.372. The second kappa shape index (κ2) is 11.2. The minimum atomic E-state index is -0.495. The molecule has 0 aliphatic rings. The average molecular weight is 456 g/mol. The highest BCUT2D eigenvalue weighted by molar-refractivity contribution is 5.43. The van der Waals surface area contributed by atoms with Crippen LogP contribution in [0.4, 0.5) is 8.78 Å². The number of hydrogen-bond acceptors (Lipinski definition) is 4. The first-order chi connectivity index (χ1) is 15.8. The van der Waals surface area contributed by atoms with Crippen molar-refractivity contribution in [3.05, 3.63) is 84.1 Å². The van der Waals surface area contributed by atoms with Crippen molar-refractivity contribution in [3.63, 3.8) is 0 Å². The van der Waals surface area contributed by atoms with Gasteiger partial charge in [0, 0.05) is 25.2 Å². The van der Waals surface area contributed by atoms with Crippen LogP contribution in [0, 0.1) is 18.6 Å². The number of aliphatic hydroxyl groups is 1. The Balaban J connectivity index is 2.00. The van der Waals surface area contributed by atoms with Crippen LogP contribution < -0.4 is 4.74 Å². The lowest BCUT2D eigenvalue weighted by molar-refractivity contribution is 0.0849. The topological polar surface area (TPSA) is 50.5 Å². The Morgan fingerprint density at radius 2 is 1.88 bits per heavy atom. The molecular weight excluding hydrogens is 424 g/mol. The zero-order valence-electron chi connectivity index (χ0n) is 19.3. The van der Waals surface area contributed by atoms with Gasteiger partial charge in [-0.3, -0.25) is 4.90 Å². The van der Waals surface area contributed by atoms with E-state index in [1.165, 1.54) is 24.3 Å². The Morgan fingerprint density at radius 1 is 1.15 bits per heavy atom. The van der Waals surface area contributed by atoms with Crippen molar-refractivity contribution < 1.29 is 18.6 Å². The van der Waals surface area contributed by atoms with Crippen LogP contribution in [0.2, 0.25) is 0 Å². The highest BCUT2D eigenvalue weighted by Gasteiger charge is 2.24. The van der Waals surface area contributed by atoms with Crippen LogP contribution >= 0.6 is 0 Å². The van der Waals surface area contributed by atoms with Gasteiger partial charge in [0.25, 0.3) is 0 Å². The summed E-state index contributed by atoms with van der Waals surface area (Å²) < 4.78 is 35.1. The summed E-state index contributed by atoms with van der Waals surface area (Å²) in [5.74, 6) is 0.000258. The van der Waals surface area contributed by atoms with E-state index >= 15 is 0 Å². The Morgan fingerprint density at radius 3 is 2.52 bits per heavy atom. The fraction of sp³-hybridized carbons (Fsp3) is 0.346. The standard InChI is InChI=1S/C26H31F2N3O2/c1-5-6-9-23(32)16-30(18(2)3)17-25-19(4)29-31(22-13-11-20(27)12-14-22)26(25)33-24-10-7-8-21(28)15-24/h5,7-8,10-15,18,23,32H,1,6,9,16-17H2,2-4H3. The van der Waals surface area contributed by atoms with Crippen molar-refractivity contribution >= 4 is 0 Å². The van der Waals surface area contributed by atoms with Crippen LogP contribution in [0.3, 0.4) is 0 Å². The van der Waals surface area contributed by atoms with E-state index in [0.29, 0.717) is 36.8 Å². The molecule has 1 atom stereocenters. The molecule has 1 N–H and O–H groups in total. The number of rotatable bonds is 11. The maximum Gasteiger partial charge on any atom is 0.227 e. The van der Waals surface area contributed by atoms with E-state index in [1.807, 2.05) is 6.92 Å². The molecule has 0 spiro atoms. The number of nitrogens with zero attached hydrogens (tertiary/aromatic N) is 3. The van der Waals surface area contributed by atoms with E-state index in [-0.39, 0.29) is 11.9 Å². The minimum Gasteiger partial charge on any atom is -0.438 e. The van der Waals surface area contributed by atoms with Crippen molar-refractivity contribution in [2.24, 2.45) is 0 Å². The molecule has 0 aliphatic heterocycles. The van der Waals surface area contributed by atoms with E-state index in [9.17, 15) is 13.9 Å². The molecule has 3 aromatic rings. The molecule has 1 unspecified atom stereocenters. The molecule has 0 aliphatic carbocycles. The summed E-state index contributed by atoms with van der Waals surface area (Å²) in [6.07, 6.45) is 2.67. The van der Waals surface area contributed by atoms with Gasteiger partial charge in [-0.2, -0.15) is 5.10 Å². The lowest BCUT2D eigenvalue weighted by atomic mass is 10.1. The van der Waals surface area contributed by atoms with Gasteiger partial charge in [-0.05, 0) is 70.0 Å². The predicted octanol–water partition coefficient (Wildman–Crippen LogP) is 5.79. The van der Waals surface area contributed by atoms with Crippen molar-refractivity contribution in [2.45, 2.75) is 52.3 Å². The van der Waals surface area contributed by atoms with Gasteiger partial charge in [-0.25, -0.2) is 13.5 Å². The van der Waals surface area contributed by atoms with Gasteiger partial charge in [0.05, 0.1) is 23.0 Å². The summed E-state index contributed by atoms with van der Waals surface area (Å²) in [5.41, 5.74) is 2.17. The smallest absolute Gasteiger partial charge is 0.227 e. The third kappa shape index (κ3) is 6.49. The van der Waals surface area contributed by atoms with Gasteiger partial charge >= 0.3 is 0 Å². The Bertz CT molecular complexity index is 1060. The highest BCUT2D eigenvalue weighted by atomic mass is 19.1. The van der Waals surface area contributed by atoms with E-state index < -0.39 is 11.9 Å². The van der Waals surface area contributed by atoms with Gasteiger partial charge in [-0.1, -0.05) is 12.1 Å². The van der Waals surface area contributed by atoms with Crippen LogP contribution in [0.1, 0.15) is 37.9 Å². The molecule has 0 amide bonds. The average Bonchev–Trinajstić information content (AvgIpc) is 3.07. The molecular formula is C26H31F2N3O2. The summed E-state index contributed by atoms with van der Waals surface area (Å²) in [6.45, 7) is 10.7. The number of aryl methyl sites for hydroxylation is 1. The predicted molar refractivity (Wildman–Crippen MR) is 126 cm³/mol. The minimum absolute atomic E-state index is 0.152. The lowest BCUT2D eigenvalue weighted by Crippen LogP contribution is -2.37. The zero-order valence-corrected chi connectivity index (χ0v) is 19.3. The molecule has 2 aromatic carbocycles. The third-order valence-corrected chi connectivity index (χ3v) is 5.46. The van der Waals surface area contributed by atoms with Crippen LogP contribution in [0.5, 0.6) is 11.6 Å². The normalized spacial score (nSPS) is 12.4. The SMILES string of the molecule is C=CCCC(O)CN(Cc1c(C)nn(-c2ccc(F)cc2)c1Oc1cccc(F)c1)C(C)C. The number of aliphatic hydroxyl groups excluding tert-OH is 1. The van der Waals surface area contributed by atoms with Crippen LogP contribution in [-0.4, -0.2) is 38.5 Å². The molecule has 0 fully saturated rings. The summed E-state index contributed by atoms with van der Waals surface area (Å²) in [7, 11) is 0. The monoisotopic (exact) mass is 455 g/mol. The van der Waals surface area contributed by atoms with Crippen molar-refractivity contribution in [1.29, 1.82) is 0 Å². The molecule has 0 saturated carbocycles. The van der Waals surface area contributed by atoms with Gasteiger partial charge in [0.15, 0.2) is 0 Å². The molecule has 33 heavy (non-hydrogen) atoms. The van der Waals surface area contributed by atoms with Crippen LogP contribution in [0.15, 0.2) is 61.2 Å². The number of benzene rings is 2. The molecule has 3 rings (SSSR count). The maximum atomic E-state index is 13.8. The summed E-state index contributed by atoms with van der Waals surface area (Å²) in [5, 5.41) is 15.1. The first kappa shape index (κ1) is 24.6. The largest absolute Gasteiger partial charge is 0.438 e. The number of ether oxygens (including phenoxy) is 1. The van der Waals surface area contributed by atoms with Crippen LogP contribution in [0.25, 0.3) is 5.69 Å². The molecule has 1 aromatic heterocycles. The van der Waals surface area contributed by atoms with E-state index in [1.54, 1.807) is 35.0 Å². The summed E-state index contributed by atoms with van der Waals surface area (Å²) >= 11 is 0. The molecule has 1 heterocycles. The van der Waals surface area contributed by atoms with Crippen molar-refractivity contribution in [1.82, 2.24) is 14.7 Å². The van der Waals surface area contributed by atoms with Gasteiger partial charge < -0.3 is 9.84 Å². The Labute approximate surface area is 193 Å². The van der Waals surface area contributed by atoms with E-state index in [2.05, 4.69) is 30.4 Å². The number of aromatic nitrogens is 2. The molecule has 0 saturated heterocycles. The van der Waals surface area contributed by atoms with Crippen molar-refractivity contribution in [3.8, 4) is 17.3 Å². The Kier molecular flexibility index (Phi) is 8.36. The van der Waals surface area contributed by atoms with Crippen LogP contribution in [-0.2, 0) is 6.54 Å². The third-order valence-electron chi connectivity index (χ3n) is 5.46. The highest BCUT2D eigenvalue weighted by Crippen LogP contribution is 2.32. The number of allylic oxidation sites excluding steroid dienone is 1. The second-order valence-electron chi connectivity index (χ2n) is 8.36. The Hall–Kier alpha value is -3.03. The number of hydrogen-bond donors (Lipinski definition) is 1. The molecule has 7 heteroatoms. The summed E-state index contributed by atoms with van der Waals surface area (Å²) in [6, 6.07) is 12.0. The van der Waals surface area contributed by atoms with Gasteiger partial charge in [-0.15, -0.1) is 6.58 Å². The van der Waals surface area contributed by atoms with E-state index in [0.717, 1.165) is 17.7 Å². The van der Waals surface area contributed by atoms with Crippen molar-refractivity contribution in [2.75, 3.05) is 6.54 Å². The molecule has 5 nitrogen and oxygen atoms in total. The number of halogens is 2. The molecule has 0 bridgehead atoms. The molecule has 0 radical (unpaired) electrons. The lowest BCUT2D eigenvalue weighted by Gasteiger charge is -2.29. The molecule has 176 valence electrons. The zero-order chi connectivity index (χ0) is 24.0. The first-order valence-corrected chi connectivity index (χ1v) is 11.1. The van der Waals surface area contributed by atoms with Gasteiger partial charge in [0.2, 0.25) is 5.88 Å².